The van der Waals surface area contributed by atoms with Gasteiger partial charge < -0.3 is 4.90 Å². The standard InChI is InChI=1S/C13H30NP/c1-5-8-9-13(6-2)14(7-3)11-10-12(4)15/h12-13H,5-11,15H2,1-4H3. The third-order valence-corrected chi connectivity index (χ3v) is 3.49. The molecule has 0 spiro atoms. The van der Waals surface area contributed by atoms with Gasteiger partial charge in [-0.25, -0.2) is 0 Å². The van der Waals surface area contributed by atoms with Crippen LogP contribution >= 0.6 is 9.24 Å². The third-order valence-electron chi connectivity index (χ3n) is 3.16. The number of rotatable bonds is 9. The van der Waals surface area contributed by atoms with Crippen molar-refractivity contribution in [3.8, 4) is 0 Å². The Balaban J connectivity index is 3.96. The number of nitrogens with zero attached hydrogens (tertiary/aromatic N) is 1. The molecule has 2 heteroatoms. The normalized spacial score (nSPS) is 15.6. The molecule has 0 N–H and O–H groups in total. The first kappa shape index (κ1) is 15.4. The van der Waals surface area contributed by atoms with Crippen LogP contribution in [0, 0.1) is 0 Å². The molecule has 0 aromatic rings. The zero-order valence-corrected chi connectivity index (χ0v) is 12.3. The molecule has 0 aliphatic carbocycles. The van der Waals surface area contributed by atoms with E-state index in [2.05, 4.69) is 41.8 Å². The van der Waals surface area contributed by atoms with Crippen LogP contribution in [0.25, 0.3) is 0 Å². The fourth-order valence-corrected chi connectivity index (χ4v) is 2.20. The summed E-state index contributed by atoms with van der Waals surface area (Å²) in [6.07, 6.45) is 6.70. The Hall–Kier alpha value is 0.390. The molecule has 0 amide bonds. The van der Waals surface area contributed by atoms with Crippen molar-refractivity contribution in [2.45, 2.75) is 71.5 Å². The largest absolute Gasteiger partial charge is 0.301 e. The lowest BCUT2D eigenvalue weighted by Crippen LogP contribution is -2.36. The van der Waals surface area contributed by atoms with Gasteiger partial charge in [-0.15, -0.1) is 9.24 Å². The van der Waals surface area contributed by atoms with Crippen LogP contribution in [-0.4, -0.2) is 29.7 Å². The molecule has 0 saturated carbocycles. The maximum Gasteiger partial charge on any atom is 0.00925 e. The maximum absolute atomic E-state index is 2.90. The molecule has 0 aliphatic rings. The van der Waals surface area contributed by atoms with Crippen LogP contribution in [0.1, 0.15) is 59.8 Å². The summed E-state index contributed by atoms with van der Waals surface area (Å²) in [6.45, 7) is 11.7. The van der Waals surface area contributed by atoms with Crippen LogP contribution in [0.3, 0.4) is 0 Å². The van der Waals surface area contributed by atoms with Crippen LogP contribution in [-0.2, 0) is 0 Å². The van der Waals surface area contributed by atoms with E-state index in [4.69, 9.17) is 0 Å². The van der Waals surface area contributed by atoms with Crippen LogP contribution in [0.15, 0.2) is 0 Å². The van der Waals surface area contributed by atoms with Gasteiger partial charge in [0, 0.05) is 6.04 Å². The smallest absolute Gasteiger partial charge is 0.00925 e. The lowest BCUT2D eigenvalue weighted by molar-refractivity contribution is 0.186. The van der Waals surface area contributed by atoms with Crippen molar-refractivity contribution >= 4 is 9.24 Å². The Kier molecular flexibility index (Phi) is 9.85. The van der Waals surface area contributed by atoms with E-state index in [-0.39, 0.29) is 0 Å². The summed E-state index contributed by atoms with van der Waals surface area (Å²) in [6, 6.07) is 0.818. The summed E-state index contributed by atoms with van der Waals surface area (Å²) in [4.78, 5) is 2.66. The molecule has 0 radical (unpaired) electrons. The van der Waals surface area contributed by atoms with Crippen LogP contribution in [0.5, 0.6) is 0 Å². The molecule has 0 aromatic heterocycles. The first-order valence-corrected chi connectivity index (χ1v) is 7.31. The summed E-state index contributed by atoms with van der Waals surface area (Å²) in [5, 5.41) is 0. The summed E-state index contributed by atoms with van der Waals surface area (Å²) in [5.41, 5.74) is 0.753. The fourth-order valence-electron chi connectivity index (χ4n) is 2.05. The minimum Gasteiger partial charge on any atom is -0.301 e. The first-order chi connectivity index (χ1) is 7.15. The molecule has 0 fully saturated rings. The van der Waals surface area contributed by atoms with Crippen LogP contribution < -0.4 is 0 Å². The van der Waals surface area contributed by atoms with Crippen molar-refractivity contribution < 1.29 is 0 Å². The number of hydrogen-bond donors (Lipinski definition) is 0. The second-order valence-corrected chi connectivity index (χ2v) is 5.74. The molecular weight excluding hydrogens is 201 g/mol. The minimum atomic E-state index is 0.753. The molecular formula is C13H30NP. The van der Waals surface area contributed by atoms with Crippen molar-refractivity contribution in [3.05, 3.63) is 0 Å². The highest BCUT2D eigenvalue weighted by atomic mass is 31.0. The van der Waals surface area contributed by atoms with Crippen LogP contribution in [0.2, 0.25) is 0 Å². The van der Waals surface area contributed by atoms with E-state index in [1.54, 1.807) is 0 Å². The van der Waals surface area contributed by atoms with E-state index >= 15 is 0 Å². The second-order valence-electron chi connectivity index (χ2n) is 4.60. The summed E-state index contributed by atoms with van der Waals surface area (Å²) < 4.78 is 0. The predicted octanol–water partition coefficient (Wildman–Crippen LogP) is 3.93. The summed E-state index contributed by atoms with van der Waals surface area (Å²) in [7, 11) is 2.90. The van der Waals surface area contributed by atoms with E-state index < -0.39 is 0 Å². The van der Waals surface area contributed by atoms with Gasteiger partial charge in [0.2, 0.25) is 0 Å². The highest BCUT2D eigenvalue weighted by molar-refractivity contribution is 7.17. The molecule has 0 saturated heterocycles. The van der Waals surface area contributed by atoms with Gasteiger partial charge in [-0.1, -0.05) is 40.5 Å². The van der Waals surface area contributed by atoms with Gasteiger partial charge in [0.15, 0.2) is 0 Å². The van der Waals surface area contributed by atoms with Crippen molar-refractivity contribution in [1.29, 1.82) is 0 Å². The number of hydrogen-bond acceptors (Lipinski definition) is 1. The molecule has 0 aliphatic heterocycles. The van der Waals surface area contributed by atoms with E-state index in [9.17, 15) is 0 Å². The zero-order chi connectivity index (χ0) is 11.7. The monoisotopic (exact) mass is 231 g/mol. The second kappa shape index (κ2) is 9.60. The minimum absolute atomic E-state index is 0.753. The van der Waals surface area contributed by atoms with Crippen molar-refractivity contribution in [2.24, 2.45) is 0 Å². The van der Waals surface area contributed by atoms with E-state index in [1.165, 1.54) is 45.2 Å². The lowest BCUT2D eigenvalue weighted by atomic mass is 10.1. The molecule has 15 heavy (non-hydrogen) atoms. The van der Waals surface area contributed by atoms with Gasteiger partial charge in [0.1, 0.15) is 0 Å². The quantitative estimate of drug-likeness (QED) is 0.543. The summed E-state index contributed by atoms with van der Waals surface area (Å²) in [5.74, 6) is 0. The number of unbranched alkanes of at least 4 members (excludes halogenated alkanes) is 1. The lowest BCUT2D eigenvalue weighted by Gasteiger charge is -2.30. The van der Waals surface area contributed by atoms with Gasteiger partial charge in [0.05, 0.1) is 0 Å². The third kappa shape index (κ3) is 7.30. The highest BCUT2D eigenvalue weighted by Gasteiger charge is 2.14. The highest BCUT2D eigenvalue weighted by Crippen LogP contribution is 2.14. The van der Waals surface area contributed by atoms with Gasteiger partial charge in [-0.05, 0) is 38.0 Å². The molecule has 0 aromatic carbocycles. The molecule has 3 atom stereocenters. The molecule has 1 nitrogen and oxygen atoms in total. The van der Waals surface area contributed by atoms with Gasteiger partial charge >= 0.3 is 0 Å². The first-order valence-electron chi connectivity index (χ1n) is 6.65. The Morgan fingerprint density at radius 1 is 1.13 bits per heavy atom. The van der Waals surface area contributed by atoms with Crippen molar-refractivity contribution in [3.63, 3.8) is 0 Å². The molecule has 0 bridgehead atoms. The SMILES string of the molecule is CCCCC(CC)N(CC)CCC(C)P. The summed E-state index contributed by atoms with van der Waals surface area (Å²) >= 11 is 0. The van der Waals surface area contributed by atoms with Gasteiger partial charge in [-0.3, -0.25) is 0 Å². The van der Waals surface area contributed by atoms with E-state index in [0.717, 1.165) is 11.7 Å². The van der Waals surface area contributed by atoms with Crippen molar-refractivity contribution in [2.75, 3.05) is 13.1 Å². The zero-order valence-electron chi connectivity index (χ0n) is 11.1. The van der Waals surface area contributed by atoms with Crippen LogP contribution in [0.4, 0.5) is 0 Å². The maximum atomic E-state index is 2.90. The van der Waals surface area contributed by atoms with E-state index in [1.807, 2.05) is 0 Å². The molecule has 3 unspecified atom stereocenters. The Labute approximate surface area is 99.2 Å². The van der Waals surface area contributed by atoms with Gasteiger partial charge in [0.25, 0.3) is 0 Å². The topological polar surface area (TPSA) is 3.24 Å². The fraction of sp³-hybridized carbons (Fsp3) is 1.00. The predicted molar refractivity (Wildman–Crippen MR) is 74.6 cm³/mol. The molecule has 0 rings (SSSR count). The average Bonchev–Trinajstić information content (AvgIpc) is 2.22. The van der Waals surface area contributed by atoms with Crippen molar-refractivity contribution in [1.82, 2.24) is 4.90 Å². The van der Waals surface area contributed by atoms with E-state index in [0.29, 0.717) is 0 Å². The molecule has 0 heterocycles. The molecule has 92 valence electrons. The Morgan fingerprint density at radius 2 is 1.80 bits per heavy atom. The Morgan fingerprint density at radius 3 is 2.20 bits per heavy atom. The van der Waals surface area contributed by atoms with Gasteiger partial charge in [-0.2, -0.15) is 0 Å². The average molecular weight is 231 g/mol. The Bertz CT molecular complexity index is 136.